The number of aliphatic hydroxyl groups is 1. The summed E-state index contributed by atoms with van der Waals surface area (Å²) in [5.41, 5.74) is 6.86. The third kappa shape index (κ3) is 14.9. The molecule has 0 aliphatic heterocycles. The Kier molecular flexibility index (Phi) is 16.5. The molecular formula is C37H53N3O7. The molecule has 0 fully saturated rings. The van der Waals surface area contributed by atoms with E-state index < -0.39 is 29.0 Å². The fourth-order valence-electron chi connectivity index (χ4n) is 3.55. The first-order valence-electron chi connectivity index (χ1n) is 14.5. The number of hydrogen-bond acceptors (Lipinski definition) is 8. The van der Waals surface area contributed by atoms with Crippen LogP contribution in [0.25, 0.3) is 0 Å². The molecule has 258 valence electrons. The molecule has 0 aliphatic rings. The van der Waals surface area contributed by atoms with Gasteiger partial charge in [0.1, 0.15) is 12.2 Å². The lowest BCUT2D eigenvalue weighted by Crippen LogP contribution is -2.23. The fraction of sp³-hybridized carbons (Fsp3) is 0.378. The lowest BCUT2D eigenvalue weighted by Gasteiger charge is -2.21. The van der Waals surface area contributed by atoms with E-state index in [0.717, 1.165) is 0 Å². The van der Waals surface area contributed by atoms with E-state index in [0.29, 0.717) is 22.6 Å². The topological polar surface area (TPSA) is 149 Å². The van der Waals surface area contributed by atoms with Crippen LogP contribution in [-0.2, 0) is 4.74 Å². The second kappa shape index (κ2) is 18.3. The first-order valence-corrected chi connectivity index (χ1v) is 14.5. The van der Waals surface area contributed by atoms with E-state index in [1.807, 2.05) is 0 Å². The van der Waals surface area contributed by atoms with Crippen LogP contribution in [0, 0.1) is 0 Å². The molecule has 3 aromatic rings. The van der Waals surface area contributed by atoms with Gasteiger partial charge < -0.3 is 35.7 Å². The molecule has 10 heteroatoms. The summed E-state index contributed by atoms with van der Waals surface area (Å²) in [6.45, 7) is 17.9. The summed E-state index contributed by atoms with van der Waals surface area (Å²) in [6, 6.07) is 16.0. The van der Waals surface area contributed by atoms with Gasteiger partial charge in [0.25, 0.3) is 11.8 Å². The Bertz CT molecular complexity index is 1460. The zero-order valence-corrected chi connectivity index (χ0v) is 27.3. The standard InChI is InChI=1S/C31H35N3O6.C4H10O.2CH4/c1-7-18-38-26-24(28(35)33-22-12-8-20(9-13-22)30(37)40-31(4,5)6)16-17-25(27(26)39-19(2)3)29(36)34-23-14-10-21(32)11-15-23;1-4(2,3)5;;/h7-17,19H,1,18,32H2,2-6H3,(H,33,35)(H,34,36);5H,1-3H3;2*1H4. The highest BCUT2D eigenvalue weighted by Gasteiger charge is 2.26. The summed E-state index contributed by atoms with van der Waals surface area (Å²) in [6.07, 6.45) is 1.20. The third-order valence-corrected chi connectivity index (χ3v) is 5.25. The largest absolute Gasteiger partial charge is 0.486 e. The zero-order chi connectivity index (χ0) is 33.9. The quantitative estimate of drug-likeness (QED) is 0.0975. The molecule has 3 rings (SSSR count). The predicted octanol–water partition coefficient (Wildman–Crippen LogP) is 8.13. The van der Waals surface area contributed by atoms with Crippen molar-refractivity contribution in [3.8, 4) is 11.5 Å². The first-order chi connectivity index (χ1) is 20.9. The number of hydrogen-bond donors (Lipinski definition) is 4. The van der Waals surface area contributed by atoms with Crippen LogP contribution >= 0.6 is 0 Å². The van der Waals surface area contributed by atoms with Gasteiger partial charge in [0.15, 0.2) is 11.5 Å². The van der Waals surface area contributed by atoms with Crippen molar-refractivity contribution in [2.75, 3.05) is 23.0 Å². The molecule has 0 saturated heterocycles. The molecule has 0 aliphatic carbocycles. The Balaban J connectivity index is 0.00000280. The van der Waals surface area contributed by atoms with Crippen LogP contribution in [0.15, 0.2) is 73.3 Å². The van der Waals surface area contributed by atoms with Crippen molar-refractivity contribution in [3.05, 3.63) is 90.0 Å². The van der Waals surface area contributed by atoms with E-state index in [9.17, 15) is 14.4 Å². The Morgan fingerprint density at radius 3 is 1.64 bits per heavy atom. The monoisotopic (exact) mass is 651 g/mol. The number of esters is 1. The summed E-state index contributed by atoms with van der Waals surface area (Å²) in [4.78, 5) is 38.9. The van der Waals surface area contributed by atoms with E-state index in [1.165, 1.54) is 18.2 Å². The molecule has 2 amide bonds. The van der Waals surface area contributed by atoms with Gasteiger partial charge >= 0.3 is 5.97 Å². The molecule has 0 heterocycles. The van der Waals surface area contributed by atoms with E-state index in [1.54, 1.807) is 104 Å². The SMILES string of the molecule is C.C.C=CCOc1c(C(=O)Nc2ccc(C(=O)OC(C)(C)C)cc2)ccc(C(=O)Nc2ccc(N)cc2)c1OC(C)C.CC(C)(C)O. The van der Waals surface area contributed by atoms with Crippen LogP contribution in [-0.4, -0.2) is 46.8 Å². The smallest absolute Gasteiger partial charge is 0.338 e. The number of carbonyl (C=O) groups is 3. The molecular weight excluding hydrogens is 598 g/mol. The molecule has 0 aromatic heterocycles. The summed E-state index contributed by atoms with van der Waals surface area (Å²) in [5, 5.41) is 14.1. The van der Waals surface area contributed by atoms with Crippen molar-refractivity contribution >= 4 is 34.8 Å². The molecule has 5 N–H and O–H groups in total. The maximum Gasteiger partial charge on any atom is 0.338 e. The van der Waals surface area contributed by atoms with Gasteiger partial charge in [0, 0.05) is 17.1 Å². The van der Waals surface area contributed by atoms with Gasteiger partial charge in [0.2, 0.25) is 0 Å². The lowest BCUT2D eigenvalue weighted by molar-refractivity contribution is 0.00692. The summed E-state index contributed by atoms with van der Waals surface area (Å²) < 4.78 is 17.3. The first kappa shape index (κ1) is 42.2. The Morgan fingerprint density at radius 2 is 1.23 bits per heavy atom. The number of benzene rings is 3. The van der Waals surface area contributed by atoms with Crippen LogP contribution in [0.3, 0.4) is 0 Å². The average molecular weight is 652 g/mol. The minimum atomic E-state index is -0.625. The van der Waals surface area contributed by atoms with Crippen molar-refractivity contribution in [1.82, 2.24) is 0 Å². The Morgan fingerprint density at radius 1 is 0.809 bits per heavy atom. The van der Waals surface area contributed by atoms with E-state index in [4.69, 9.17) is 25.1 Å². The molecule has 0 radical (unpaired) electrons. The number of amides is 2. The third-order valence-electron chi connectivity index (χ3n) is 5.25. The molecule has 0 unspecified atom stereocenters. The van der Waals surface area contributed by atoms with E-state index in [-0.39, 0.29) is 50.2 Å². The highest BCUT2D eigenvalue weighted by Crippen LogP contribution is 2.37. The van der Waals surface area contributed by atoms with Gasteiger partial charge in [-0.2, -0.15) is 0 Å². The number of anilines is 3. The van der Waals surface area contributed by atoms with Gasteiger partial charge in [-0.3, -0.25) is 9.59 Å². The minimum Gasteiger partial charge on any atom is -0.486 e. The number of ether oxygens (including phenoxy) is 3. The predicted molar refractivity (Wildman–Crippen MR) is 192 cm³/mol. The fourth-order valence-corrected chi connectivity index (χ4v) is 3.55. The summed E-state index contributed by atoms with van der Waals surface area (Å²) in [7, 11) is 0. The molecule has 0 atom stereocenters. The molecule has 0 spiro atoms. The molecule has 3 aromatic carbocycles. The lowest BCUT2D eigenvalue weighted by atomic mass is 10.1. The van der Waals surface area contributed by atoms with Crippen molar-refractivity contribution < 1.29 is 33.7 Å². The van der Waals surface area contributed by atoms with E-state index in [2.05, 4.69) is 17.2 Å². The second-order valence-electron chi connectivity index (χ2n) is 12.4. The van der Waals surface area contributed by atoms with Gasteiger partial charge in [-0.05, 0) is 116 Å². The maximum atomic E-state index is 13.4. The number of nitrogen functional groups attached to an aromatic ring is 1. The number of rotatable bonds is 10. The van der Waals surface area contributed by atoms with Gasteiger partial charge in [-0.15, -0.1) is 0 Å². The van der Waals surface area contributed by atoms with Crippen LogP contribution in [0.5, 0.6) is 11.5 Å². The van der Waals surface area contributed by atoms with Crippen LogP contribution in [0.1, 0.15) is 101 Å². The van der Waals surface area contributed by atoms with Crippen LogP contribution in [0.4, 0.5) is 17.1 Å². The minimum absolute atomic E-state index is 0. The van der Waals surface area contributed by atoms with Crippen molar-refractivity contribution in [1.29, 1.82) is 0 Å². The molecule has 0 bridgehead atoms. The summed E-state index contributed by atoms with van der Waals surface area (Å²) in [5.74, 6) is -1.19. The van der Waals surface area contributed by atoms with Gasteiger partial charge in [-0.1, -0.05) is 27.5 Å². The van der Waals surface area contributed by atoms with Crippen molar-refractivity contribution in [3.63, 3.8) is 0 Å². The highest BCUT2D eigenvalue weighted by atomic mass is 16.6. The Labute approximate surface area is 280 Å². The van der Waals surface area contributed by atoms with Crippen LogP contribution in [0.2, 0.25) is 0 Å². The van der Waals surface area contributed by atoms with Gasteiger partial charge in [0.05, 0.1) is 28.4 Å². The highest BCUT2D eigenvalue weighted by molar-refractivity contribution is 6.11. The number of carbonyl (C=O) groups excluding carboxylic acids is 3. The number of nitrogens with one attached hydrogen (secondary N) is 2. The van der Waals surface area contributed by atoms with Crippen LogP contribution < -0.4 is 25.8 Å². The normalized spacial score (nSPS) is 10.6. The Hall–Kier alpha value is -4.83. The van der Waals surface area contributed by atoms with E-state index >= 15 is 0 Å². The zero-order valence-electron chi connectivity index (χ0n) is 27.3. The average Bonchev–Trinajstić information content (AvgIpc) is 2.91. The molecule has 47 heavy (non-hydrogen) atoms. The molecule has 0 saturated carbocycles. The van der Waals surface area contributed by atoms with Gasteiger partial charge in [-0.25, -0.2) is 4.79 Å². The van der Waals surface area contributed by atoms with Crippen molar-refractivity contribution in [2.24, 2.45) is 0 Å². The second-order valence-corrected chi connectivity index (χ2v) is 12.4. The van der Waals surface area contributed by atoms with Crippen molar-refractivity contribution in [2.45, 2.75) is 87.5 Å². The molecule has 10 nitrogen and oxygen atoms in total. The number of nitrogens with two attached hydrogens (primary N) is 1. The maximum absolute atomic E-state index is 13.4. The summed E-state index contributed by atoms with van der Waals surface area (Å²) >= 11 is 0.